The first-order valence-electron chi connectivity index (χ1n) is 5.46. The molecule has 0 rings (SSSR count). The molecule has 0 amide bonds. The predicted octanol–water partition coefficient (Wildman–Crippen LogP) is 3.46. The summed E-state index contributed by atoms with van der Waals surface area (Å²) in [4.78, 5) is 2.47. The highest BCUT2D eigenvalue weighted by Gasteiger charge is 2.12. The van der Waals surface area contributed by atoms with Gasteiger partial charge < -0.3 is 4.90 Å². The van der Waals surface area contributed by atoms with E-state index in [1.54, 1.807) is 0 Å². The van der Waals surface area contributed by atoms with Crippen LogP contribution in [0.4, 0.5) is 0 Å². The predicted molar refractivity (Wildman–Crippen MR) is 61.0 cm³/mol. The summed E-state index contributed by atoms with van der Waals surface area (Å²) in [5.74, 6) is 0. The monoisotopic (exact) mass is 183 g/mol. The van der Waals surface area contributed by atoms with Gasteiger partial charge in [-0.25, -0.2) is 0 Å². The Kier molecular flexibility index (Phi) is 6.97. The Balaban J connectivity index is 3.97. The Labute approximate surface area is 83.8 Å². The molecule has 0 aliphatic heterocycles. The van der Waals surface area contributed by atoms with Crippen LogP contribution in [0.15, 0.2) is 12.2 Å². The van der Waals surface area contributed by atoms with Crippen molar-refractivity contribution in [3.8, 4) is 0 Å². The summed E-state index contributed by atoms with van der Waals surface area (Å²) in [6, 6.07) is 0.711. The maximum Gasteiger partial charge on any atom is 0.0129 e. The Hall–Kier alpha value is -0.300. The van der Waals surface area contributed by atoms with Crippen molar-refractivity contribution >= 4 is 0 Å². The van der Waals surface area contributed by atoms with E-state index in [-0.39, 0.29) is 0 Å². The molecule has 1 unspecified atom stereocenters. The van der Waals surface area contributed by atoms with Crippen LogP contribution in [-0.2, 0) is 0 Å². The highest BCUT2D eigenvalue weighted by atomic mass is 15.1. The van der Waals surface area contributed by atoms with Gasteiger partial charge in [0, 0.05) is 6.04 Å². The van der Waals surface area contributed by atoms with E-state index in [4.69, 9.17) is 0 Å². The van der Waals surface area contributed by atoms with Crippen molar-refractivity contribution in [1.29, 1.82) is 0 Å². The van der Waals surface area contributed by atoms with E-state index in [1.165, 1.54) is 31.4 Å². The minimum Gasteiger partial charge on any atom is -0.303 e. The van der Waals surface area contributed by atoms with Crippen molar-refractivity contribution < 1.29 is 0 Å². The van der Waals surface area contributed by atoms with Gasteiger partial charge in [-0.1, -0.05) is 25.8 Å². The Morgan fingerprint density at radius 2 is 1.92 bits per heavy atom. The van der Waals surface area contributed by atoms with Gasteiger partial charge in [0.05, 0.1) is 0 Å². The molecule has 1 nitrogen and oxygen atoms in total. The van der Waals surface area contributed by atoms with Crippen molar-refractivity contribution in [3.05, 3.63) is 12.2 Å². The van der Waals surface area contributed by atoms with E-state index >= 15 is 0 Å². The molecule has 0 radical (unpaired) electrons. The van der Waals surface area contributed by atoms with Gasteiger partial charge in [-0.3, -0.25) is 0 Å². The maximum atomic E-state index is 3.99. The topological polar surface area (TPSA) is 3.24 Å². The summed E-state index contributed by atoms with van der Waals surface area (Å²) < 4.78 is 0. The molecular formula is C12H25N. The lowest BCUT2D eigenvalue weighted by molar-refractivity contribution is 0.227. The Bertz CT molecular complexity index is 140. The third kappa shape index (κ3) is 5.87. The van der Waals surface area contributed by atoms with Crippen LogP contribution in [0.1, 0.15) is 46.5 Å². The van der Waals surface area contributed by atoms with Crippen LogP contribution in [0.5, 0.6) is 0 Å². The molecule has 0 N–H and O–H groups in total. The van der Waals surface area contributed by atoms with Crippen LogP contribution in [0.2, 0.25) is 0 Å². The normalized spacial score (nSPS) is 13.3. The smallest absolute Gasteiger partial charge is 0.0129 e. The summed E-state index contributed by atoms with van der Waals surface area (Å²) in [5.41, 5.74) is 1.31. The third-order valence-electron chi connectivity index (χ3n) is 2.41. The van der Waals surface area contributed by atoms with Crippen molar-refractivity contribution in [3.63, 3.8) is 0 Å². The summed E-state index contributed by atoms with van der Waals surface area (Å²) >= 11 is 0. The fourth-order valence-electron chi connectivity index (χ4n) is 1.75. The van der Waals surface area contributed by atoms with Crippen LogP contribution < -0.4 is 0 Å². The van der Waals surface area contributed by atoms with Crippen molar-refractivity contribution in [2.24, 2.45) is 0 Å². The molecule has 0 heterocycles. The van der Waals surface area contributed by atoms with Crippen LogP contribution in [0.3, 0.4) is 0 Å². The minimum atomic E-state index is 0.711. The third-order valence-corrected chi connectivity index (χ3v) is 2.41. The molecule has 1 heteroatoms. The van der Waals surface area contributed by atoms with E-state index in [0.717, 1.165) is 6.42 Å². The first-order valence-corrected chi connectivity index (χ1v) is 5.46. The molecule has 1 atom stereocenters. The fraction of sp³-hybridized carbons (Fsp3) is 0.833. The first-order chi connectivity index (χ1) is 6.11. The van der Waals surface area contributed by atoms with Crippen LogP contribution in [0.25, 0.3) is 0 Å². The van der Waals surface area contributed by atoms with Crippen LogP contribution in [0, 0.1) is 0 Å². The van der Waals surface area contributed by atoms with Crippen molar-refractivity contribution in [1.82, 2.24) is 4.90 Å². The standard InChI is InChI=1S/C12H25N/c1-6-8-12(10-11(3)4)13(5)9-7-2/h12H,3,6-10H2,1-2,4-5H3. The van der Waals surface area contributed by atoms with Crippen LogP contribution in [-0.4, -0.2) is 24.5 Å². The lowest BCUT2D eigenvalue weighted by Crippen LogP contribution is -2.32. The zero-order chi connectivity index (χ0) is 10.3. The van der Waals surface area contributed by atoms with Gasteiger partial charge in [0.2, 0.25) is 0 Å². The molecule has 0 aliphatic rings. The van der Waals surface area contributed by atoms with Crippen molar-refractivity contribution in [2.45, 2.75) is 52.5 Å². The maximum absolute atomic E-state index is 3.99. The van der Waals surface area contributed by atoms with Gasteiger partial charge in [0.15, 0.2) is 0 Å². The largest absolute Gasteiger partial charge is 0.303 e. The molecule has 0 saturated carbocycles. The zero-order valence-corrected chi connectivity index (χ0v) is 9.77. The van der Waals surface area contributed by atoms with E-state index in [0.29, 0.717) is 6.04 Å². The number of hydrogen-bond acceptors (Lipinski definition) is 1. The van der Waals surface area contributed by atoms with Crippen LogP contribution >= 0.6 is 0 Å². The van der Waals surface area contributed by atoms with E-state index in [2.05, 4.69) is 39.3 Å². The van der Waals surface area contributed by atoms with Crippen molar-refractivity contribution in [2.75, 3.05) is 13.6 Å². The molecule has 78 valence electrons. The summed E-state index contributed by atoms with van der Waals surface area (Å²) in [6.07, 6.45) is 4.96. The lowest BCUT2D eigenvalue weighted by atomic mass is 10.0. The number of rotatable bonds is 7. The molecule has 0 fully saturated rings. The zero-order valence-electron chi connectivity index (χ0n) is 9.77. The second-order valence-electron chi connectivity index (χ2n) is 4.08. The molecule has 0 saturated heterocycles. The molecule has 0 bridgehead atoms. The number of hydrogen-bond donors (Lipinski definition) is 0. The van der Waals surface area contributed by atoms with Gasteiger partial charge >= 0.3 is 0 Å². The van der Waals surface area contributed by atoms with Gasteiger partial charge in [0.25, 0.3) is 0 Å². The fourth-order valence-corrected chi connectivity index (χ4v) is 1.75. The highest BCUT2D eigenvalue weighted by molar-refractivity contribution is 4.93. The molecule has 0 aromatic carbocycles. The minimum absolute atomic E-state index is 0.711. The van der Waals surface area contributed by atoms with Gasteiger partial charge in [-0.05, 0) is 39.8 Å². The van der Waals surface area contributed by atoms with E-state index in [1.807, 2.05) is 0 Å². The summed E-state index contributed by atoms with van der Waals surface area (Å²) in [5, 5.41) is 0. The highest BCUT2D eigenvalue weighted by Crippen LogP contribution is 2.14. The van der Waals surface area contributed by atoms with Gasteiger partial charge in [-0.2, -0.15) is 0 Å². The molecule has 0 aliphatic carbocycles. The van der Waals surface area contributed by atoms with Gasteiger partial charge in [-0.15, -0.1) is 6.58 Å². The molecule has 0 spiro atoms. The lowest BCUT2D eigenvalue weighted by Gasteiger charge is -2.27. The summed E-state index contributed by atoms with van der Waals surface area (Å²) in [6.45, 7) is 11.8. The first kappa shape index (κ1) is 12.7. The molecule has 0 aromatic rings. The average molecular weight is 183 g/mol. The quantitative estimate of drug-likeness (QED) is 0.546. The molecular weight excluding hydrogens is 158 g/mol. The summed E-state index contributed by atoms with van der Waals surface area (Å²) in [7, 11) is 2.23. The SMILES string of the molecule is C=C(C)CC(CCC)N(C)CCC. The van der Waals surface area contributed by atoms with E-state index in [9.17, 15) is 0 Å². The second-order valence-corrected chi connectivity index (χ2v) is 4.08. The molecule has 0 aromatic heterocycles. The van der Waals surface area contributed by atoms with Gasteiger partial charge in [0.1, 0.15) is 0 Å². The number of nitrogens with zero attached hydrogens (tertiary/aromatic N) is 1. The average Bonchev–Trinajstić information content (AvgIpc) is 2.03. The molecule has 13 heavy (non-hydrogen) atoms. The van der Waals surface area contributed by atoms with E-state index < -0.39 is 0 Å². The Morgan fingerprint density at radius 1 is 1.31 bits per heavy atom. The second kappa shape index (κ2) is 7.14. The Morgan fingerprint density at radius 3 is 2.31 bits per heavy atom.